The molecule has 0 aliphatic carbocycles. The van der Waals surface area contributed by atoms with Gasteiger partial charge in [0.25, 0.3) is 0 Å². The highest BCUT2D eigenvalue weighted by Crippen LogP contribution is 2.29. The summed E-state index contributed by atoms with van der Waals surface area (Å²) in [5, 5.41) is 0. The number of hydrogen-bond acceptors (Lipinski definition) is 3. The maximum Gasteiger partial charge on any atom is 0.120 e. The van der Waals surface area contributed by atoms with Crippen molar-refractivity contribution in [3.63, 3.8) is 0 Å². The van der Waals surface area contributed by atoms with E-state index in [0.717, 1.165) is 25.3 Å². The highest BCUT2D eigenvalue weighted by Gasteiger charge is 2.26. The Hall–Kier alpha value is -0.800. The van der Waals surface area contributed by atoms with Gasteiger partial charge in [0, 0.05) is 6.54 Å². The summed E-state index contributed by atoms with van der Waals surface area (Å²) in [5.74, 6) is 1.76. The largest absolute Gasteiger partial charge is 0.468 e. The second-order valence-corrected chi connectivity index (χ2v) is 4.68. The average molecular weight is 222 g/mol. The zero-order valence-corrected chi connectivity index (χ0v) is 10.1. The molecule has 1 aliphatic rings. The van der Waals surface area contributed by atoms with Gasteiger partial charge in [-0.05, 0) is 50.4 Å². The van der Waals surface area contributed by atoms with Crippen molar-refractivity contribution >= 4 is 0 Å². The van der Waals surface area contributed by atoms with Crippen LogP contribution in [0.4, 0.5) is 0 Å². The average Bonchev–Trinajstić information content (AvgIpc) is 2.84. The Balaban J connectivity index is 2.03. The smallest absolute Gasteiger partial charge is 0.120 e. The topological polar surface area (TPSA) is 42.4 Å². The van der Waals surface area contributed by atoms with Crippen LogP contribution >= 0.6 is 0 Å². The van der Waals surface area contributed by atoms with E-state index in [1.165, 1.54) is 19.4 Å². The van der Waals surface area contributed by atoms with Crippen LogP contribution in [0, 0.1) is 5.92 Å². The number of likely N-dealkylation sites (tertiary alicyclic amines) is 1. The number of hydrogen-bond donors (Lipinski definition) is 1. The van der Waals surface area contributed by atoms with E-state index in [9.17, 15) is 0 Å². The Morgan fingerprint density at radius 2 is 2.50 bits per heavy atom. The first-order valence-corrected chi connectivity index (χ1v) is 6.32. The van der Waals surface area contributed by atoms with Gasteiger partial charge in [-0.25, -0.2) is 0 Å². The molecule has 0 amide bonds. The molecule has 0 aromatic carbocycles. The van der Waals surface area contributed by atoms with E-state index in [4.69, 9.17) is 10.2 Å². The van der Waals surface area contributed by atoms with Crippen LogP contribution in [0.15, 0.2) is 22.8 Å². The molecule has 1 aromatic rings. The molecule has 2 rings (SSSR count). The van der Waals surface area contributed by atoms with Gasteiger partial charge in [-0.1, -0.05) is 6.92 Å². The van der Waals surface area contributed by atoms with Gasteiger partial charge in [0.05, 0.1) is 12.3 Å². The second-order valence-electron chi connectivity index (χ2n) is 4.68. The van der Waals surface area contributed by atoms with Crippen LogP contribution in [0.25, 0.3) is 0 Å². The molecule has 2 heterocycles. The summed E-state index contributed by atoms with van der Waals surface area (Å²) in [4.78, 5) is 2.53. The van der Waals surface area contributed by atoms with Crippen LogP contribution in [0.1, 0.15) is 38.0 Å². The lowest BCUT2D eigenvalue weighted by Crippen LogP contribution is -2.40. The number of rotatable bonds is 4. The van der Waals surface area contributed by atoms with Crippen molar-refractivity contribution in [3.8, 4) is 0 Å². The molecule has 0 spiro atoms. The van der Waals surface area contributed by atoms with E-state index in [1.54, 1.807) is 6.26 Å². The molecular weight excluding hydrogens is 200 g/mol. The number of nitrogens with two attached hydrogens (primary N) is 1. The van der Waals surface area contributed by atoms with Crippen LogP contribution in [0.3, 0.4) is 0 Å². The lowest BCUT2D eigenvalue weighted by molar-refractivity contribution is 0.109. The van der Waals surface area contributed by atoms with E-state index in [0.29, 0.717) is 12.0 Å². The lowest BCUT2D eigenvalue weighted by Gasteiger charge is -2.36. The molecule has 0 radical (unpaired) electrons. The van der Waals surface area contributed by atoms with E-state index in [2.05, 4.69) is 17.9 Å². The second kappa shape index (κ2) is 5.51. The Kier molecular flexibility index (Phi) is 4.02. The predicted octanol–water partition coefficient (Wildman–Crippen LogP) is 2.40. The highest BCUT2D eigenvalue weighted by atomic mass is 16.3. The Morgan fingerprint density at radius 1 is 1.62 bits per heavy atom. The van der Waals surface area contributed by atoms with Crippen molar-refractivity contribution in [2.45, 2.75) is 32.2 Å². The SMILES string of the molecule is CCC(c1ccco1)N1CCCC(CN)C1. The first-order chi connectivity index (χ1) is 7.85. The molecule has 2 atom stereocenters. The van der Waals surface area contributed by atoms with Crippen LogP contribution in [-0.2, 0) is 0 Å². The fourth-order valence-electron chi connectivity index (χ4n) is 2.69. The van der Waals surface area contributed by atoms with E-state index < -0.39 is 0 Å². The van der Waals surface area contributed by atoms with Crippen LogP contribution in [0.2, 0.25) is 0 Å². The lowest BCUT2D eigenvalue weighted by atomic mass is 9.96. The van der Waals surface area contributed by atoms with Gasteiger partial charge in [-0.2, -0.15) is 0 Å². The summed E-state index contributed by atoms with van der Waals surface area (Å²) in [6.07, 6.45) is 5.41. The molecule has 3 heteroatoms. The number of piperidine rings is 1. The minimum Gasteiger partial charge on any atom is -0.468 e. The minimum absolute atomic E-state index is 0.435. The molecule has 0 saturated carbocycles. The van der Waals surface area contributed by atoms with Gasteiger partial charge in [0.2, 0.25) is 0 Å². The normalized spacial score (nSPS) is 24.5. The van der Waals surface area contributed by atoms with Crippen molar-refractivity contribution in [1.82, 2.24) is 4.90 Å². The first kappa shape index (κ1) is 11.7. The summed E-state index contributed by atoms with van der Waals surface area (Å²) in [6, 6.07) is 4.49. The fraction of sp³-hybridized carbons (Fsp3) is 0.692. The van der Waals surface area contributed by atoms with Crippen molar-refractivity contribution in [1.29, 1.82) is 0 Å². The summed E-state index contributed by atoms with van der Waals surface area (Å²) in [5.41, 5.74) is 5.78. The highest BCUT2D eigenvalue weighted by molar-refractivity contribution is 5.05. The van der Waals surface area contributed by atoms with Gasteiger partial charge >= 0.3 is 0 Å². The number of furan rings is 1. The third-order valence-electron chi connectivity index (χ3n) is 3.58. The molecule has 3 nitrogen and oxygen atoms in total. The zero-order chi connectivity index (χ0) is 11.4. The maximum atomic E-state index is 5.78. The monoisotopic (exact) mass is 222 g/mol. The Bertz CT molecular complexity index is 297. The molecule has 16 heavy (non-hydrogen) atoms. The van der Waals surface area contributed by atoms with Gasteiger partial charge in [0.1, 0.15) is 5.76 Å². The van der Waals surface area contributed by atoms with Crippen molar-refractivity contribution < 1.29 is 4.42 Å². The quantitative estimate of drug-likeness (QED) is 0.850. The van der Waals surface area contributed by atoms with E-state index in [1.807, 2.05) is 6.07 Å². The molecule has 2 N–H and O–H groups in total. The molecule has 0 bridgehead atoms. The van der Waals surface area contributed by atoms with Crippen molar-refractivity contribution in [2.24, 2.45) is 11.7 Å². The van der Waals surface area contributed by atoms with Gasteiger partial charge in [-0.3, -0.25) is 4.90 Å². The van der Waals surface area contributed by atoms with Gasteiger partial charge < -0.3 is 10.2 Å². The first-order valence-electron chi connectivity index (χ1n) is 6.32. The van der Waals surface area contributed by atoms with Crippen molar-refractivity contribution in [3.05, 3.63) is 24.2 Å². The summed E-state index contributed by atoms with van der Waals surface area (Å²) in [7, 11) is 0. The molecule has 1 aromatic heterocycles. The summed E-state index contributed by atoms with van der Waals surface area (Å²) < 4.78 is 5.54. The van der Waals surface area contributed by atoms with Crippen LogP contribution in [0.5, 0.6) is 0 Å². The minimum atomic E-state index is 0.435. The van der Waals surface area contributed by atoms with Gasteiger partial charge in [-0.15, -0.1) is 0 Å². The predicted molar refractivity (Wildman–Crippen MR) is 65.1 cm³/mol. The summed E-state index contributed by atoms with van der Waals surface area (Å²) in [6.45, 7) is 5.33. The van der Waals surface area contributed by atoms with E-state index in [-0.39, 0.29) is 0 Å². The third kappa shape index (κ3) is 2.47. The molecule has 1 aliphatic heterocycles. The standard InChI is InChI=1S/C13H22N2O/c1-2-12(13-6-4-8-16-13)15-7-3-5-11(9-14)10-15/h4,6,8,11-12H,2-3,5,7,9-10,14H2,1H3. The Morgan fingerprint density at radius 3 is 3.12 bits per heavy atom. The van der Waals surface area contributed by atoms with Crippen molar-refractivity contribution in [2.75, 3.05) is 19.6 Å². The van der Waals surface area contributed by atoms with Crippen LogP contribution in [-0.4, -0.2) is 24.5 Å². The molecular formula is C13H22N2O. The molecule has 1 saturated heterocycles. The summed E-state index contributed by atoms with van der Waals surface area (Å²) >= 11 is 0. The van der Waals surface area contributed by atoms with Gasteiger partial charge in [0.15, 0.2) is 0 Å². The molecule has 1 fully saturated rings. The van der Waals surface area contributed by atoms with E-state index >= 15 is 0 Å². The molecule has 90 valence electrons. The fourth-order valence-corrected chi connectivity index (χ4v) is 2.69. The third-order valence-corrected chi connectivity index (χ3v) is 3.58. The number of nitrogens with zero attached hydrogens (tertiary/aromatic N) is 1. The molecule has 2 unspecified atom stereocenters. The Labute approximate surface area is 97.6 Å². The van der Waals surface area contributed by atoms with Crippen LogP contribution < -0.4 is 5.73 Å². The zero-order valence-electron chi connectivity index (χ0n) is 10.1. The maximum absolute atomic E-state index is 5.78.